The number of fused-ring (bicyclic) bond motifs is 11. The Bertz CT molecular complexity index is 2460. The summed E-state index contributed by atoms with van der Waals surface area (Å²) in [6, 6.07) is 45.6. The van der Waals surface area contributed by atoms with Gasteiger partial charge in [0.25, 0.3) is 0 Å². The summed E-state index contributed by atoms with van der Waals surface area (Å²) in [4.78, 5) is 20.1. The van der Waals surface area contributed by atoms with Crippen LogP contribution in [-0.2, 0) is 10.8 Å². The van der Waals surface area contributed by atoms with E-state index in [1.54, 1.807) is 0 Å². The predicted molar refractivity (Wildman–Crippen MR) is 213 cm³/mol. The molecule has 0 saturated heterocycles. The first-order chi connectivity index (χ1) is 24.5. The second-order valence-corrected chi connectivity index (χ2v) is 15.9. The first-order valence-electron chi connectivity index (χ1n) is 17.8. The molecule has 1 aliphatic rings. The maximum Gasteiger partial charge on any atom is 0.0900 e. The van der Waals surface area contributed by atoms with Crippen molar-refractivity contribution in [1.29, 1.82) is 0 Å². The molecule has 0 amide bonds. The first-order valence-corrected chi connectivity index (χ1v) is 17.8. The molecular weight excluding hydrogens is 621 g/mol. The molecule has 9 rings (SSSR count). The van der Waals surface area contributed by atoms with Gasteiger partial charge in [-0.25, -0.2) is 15.0 Å². The van der Waals surface area contributed by atoms with Crippen LogP contribution in [0.4, 0.5) is 0 Å². The monoisotopic (exact) mass is 660 g/mol. The maximum atomic E-state index is 5.41. The van der Waals surface area contributed by atoms with Crippen LogP contribution in [0.25, 0.3) is 89.4 Å². The minimum Gasteiger partial charge on any atom is -0.353 e. The number of benzene rings is 4. The summed E-state index contributed by atoms with van der Waals surface area (Å²) in [6.45, 7) is 13.7. The number of hydrogen-bond acceptors (Lipinski definition) is 3. The quantitative estimate of drug-likeness (QED) is 0.201. The third-order valence-electron chi connectivity index (χ3n) is 10.2. The van der Waals surface area contributed by atoms with E-state index < -0.39 is 0 Å². The highest BCUT2D eigenvalue weighted by atomic mass is 14.8. The molecule has 4 heteroatoms. The van der Waals surface area contributed by atoms with Crippen molar-refractivity contribution in [2.45, 2.75) is 52.4 Å². The van der Waals surface area contributed by atoms with Crippen LogP contribution in [0.2, 0.25) is 0 Å². The van der Waals surface area contributed by atoms with E-state index in [1.165, 1.54) is 21.9 Å². The normalized spacial score (nSPS) is 12.5. The summed E-state index contributed by atoms with van der Waals surface area (Å²) < 4.78 is 0. The smallest absolute Gasteiger partial charge is 0.0900 e. The van der Waals surface area contributed by atoms with Gasteiger partial charge in [-0.05, 0) is 105 Å². The number of nitrogens with one attached hydrogen (secondary N) is 1. The Balaban J connectivity index is 1.49. The summed E-state index contributed by atoms with van der Waals surface area (Å²) in [6.07, 6.45) is 0. The lowest BCUT2D eigenvalue weighted by Gasteiger charge is -2.22. The molecule has 8 aromatic rings. The summed E-state index contributed by atoms with van der Waals surface area (Å²) in [7, 11) is 0. The molecule has 51 heavy (non-hydrogen) atoms. The van der Waals surface area contributed by atoms with Crippen molar-refractivity contribution in [1.82, 2.24) is 19.9 Å². The van der Waals surface area contributed by atoms with Gasteiger partial charge in [-0.1, -0.05) is 108 Å². The SMILES string of the molecule is CC(C)(C)c1cc2c3[nH]c4c(cc(C(C)(C)C)cc4c3c1)-c1cc(-c3ccccc3)cc(n1)-c1cccc(n1)-c1cc(-c3ccccc3)cc-2n1. The van der Waals surface area contributed by atoms with Crippen molar-refractivity contribution in [3.63, 3.8) is 0 Å². The van der Waals surface area contributed by atoms with Crippen molar-refractivity contribution < 1.29 is 0 Å². The van der Waals surface area contributed by atoms with Crippen LogP contribution >= 0.6 is 0 Å². The van der Waals surface area contributed by atoms with E-state index in [9.17, 15) is 0 Å². The zero-order chi connectivity index (χ0) is 35.1. The molecule has 0 unspecified atom stereocenters. The molecule has 0 fully saturated rings. The summed E-state index contributed by atoms with van der Waals surface area (Å²) in [5.74, 6) is 0. The van der Waals surface area contributed by atoms with Crippen molar-refractivity contribution >= 4 is 21.8 Å². The first kappa shape index (κ1) is 31.1. The topological polar surface area (TPSA) is 54.5 Å². The molecular formula is C47H40N4. The molecule has 1 aliphatic heterocycles. The highest BCUT2D eigenvalue weighted by Gasteiger charge is 2.25. The zero-order valence-corrected chi connectivity index (χ0v) is 30.0. The summed E-state index contributed by atoms with van der Waals surface area (Å²) in [5, 5.41) is 2.39. The van der Waals surface area contributed by atoms with Crippen molar-refractivity contribution in [2.24, 2.45) is 0 Å². The molecule has 0 saturated carbocycles. The van der Waals surface area contributed by atoms with E-state index in [4.69, 9.17) is 15.0 Å². The minimum atomic E-state index is -0.0872. The Kier molecular flexibility index (Phi) is 6.92. The lowest BCUT2D eigenvalue weighted by atomic mass is 9.83. The number of rotatable bonds is 2. The summed E-state index contributed by atoms with van der Waals surface area (Å²) in [5.41, 5.74) is 16.2. The number of aromatic amines is 1. The molecule has 1 N–H and O–H groups in total. The minimum absolute atomic E-state index is 0.0872. The van der Waals surface area contributed by atoms with Crippen LogP contribution in [0.5, 0.6) is 0 Å². The average molecular weight is 661 g/mol. The molecule has 0 aliphatic carbocycles. The van der Waals surface area contributed by atoms with Crippen LogP contribution in [0.1, 0.15) is 52.7 Å². The fourth-order valence-corrected chi connectivity index (χ4v) is 7.29. The van der Waals surface area contributed by atoms with E-state index in [2.05, 4.69) is 174 Å². The van der Waals surface area contributed by atoms with Crippen LogP contribution in [-0.4, -0.2) is 19.9 Å². The third-order valence-corrected chi connectivity index (χ3v) is 10.2. The second kappa shape index (κ2) is 11.3. The summed E-state index contributed by atoms with van der Waals surface area (Å²) >= 11 is 0. The maximum absolute atomic E-state index is 5.41. The van der Waals surface area contributed by atoms with E-state index in [-0.39, 0.29) is 10.8 Å². The number of hydrogen-bond donors (Lipinski definition) is 1. The molecule has 4 nitrogen and oxygen atoms in total. The third kappa shape index (κ3) is 5.43. The molecule has 8 bridgehead atoms. The van der Waals surface area contributed by atoms with Gasteiger partial charge in [0.05, 0.1) is 45.2 Å². The fraction of sp³-hybridized carbons (Fsp3) is 0.170. The number of pyridine rings is 3. The van der Waals surface area contributed by atoms with Crippen LogP contribution < -0.4 is 0 Å². The van der Waals surface area contributed by atoms with Gasteiger partial charge in [-0.2, -0.15) is 0 Å². The Morgan fingerprint density at radius 2 is 0.765 bits per heavy atom. The van der Waals surface area contributed by atoms with Gasteiger partial charge >= 0.3 is 0 Å². The van der Waals surface area contributed by atoms with Crippen molar-refractivity contribution in [3.8, 4) is 67.5 Å². The Hall–Kier alpha value is -5.87. The Labute approximate surface area is 299 Å². The standard InChI is InChI=1S/C47H40N4/c1-46(2,3)32-24-34-35-25-33(47(4,5)6)27-37-41-21-31(29-16-11-8-12-17-29)23-43(50-41)39-19-13-18-38(48-39)42-22-30(28-14-9-7-10-15-28)20-40(49-42)36(26-32)44(34)51-45(35)37/h7-27,51H,1-6H3. The molecule has 0 atom stereocenters. The number of aromatic nitrogens is 4. The lowest BCUT2D eigenvalue weighted by molar-refractivity contribution is 0.590. The van der Waals surface area contributed by atoms with E-state index in [1.807, 2.05) is 0 Å². The van der Waals surface area contributed by atoms with Gasteiger partial charge in [0, 0.05) is 21.9 Å². The predicted octanol–water partition coefficient (Wildman–Crippen LogP) is 12.4. The van der Waals surface area contributed by atoms with Gasteiger partial charge in [-0.3, -0.25) is 0 Å². The van der Waals surface area contributed by atoms with Crippen LogP contribution in [0.3, 0.4) is 0 Å². The Morgan fingerprint density at radius 3 is 1.18 bits per heavy atom. The molecule has 5 heterocycles. The van der Waals surface area contributed by atoms with E-state index >= 15 is 0 Å². The zero-order valence-electron chi connectivity index (χ0n) is 30.0. The number of H-pyrrole nitrogens is 1. The number of nitrogens with zero attached hydrogens (tertiary/aromatic N) is 3. The van der Waals surface area contributed by atoms with Gasteiger partial charge < -0.3 is 4.98 Å². The molecule has 0 spiro atoms. The van der Waals surface area contributed by atoms with E-state index in [0.29, 0.717) is 0 Å². The molecule has 248 valence electrons. The largest absolute Gasteiger partial charge is 0.353 e. The molecule has 4 aromatic heterocycles. The van der Waals surface area contributed by atoms with Gasteiger partial charge in [-0.15, -0.1) is 0 Å². The van der Waals surface area contributed by atoms with Gasteiger partial charge in [0.1, 0.15) is 0 Å². The Morgan fingerprint density at radius 1 is 0.373 bits per heavy atom. The average Bonchev–Trinajstić information content (AvgIpc) is 3.52. The van der Waals surface area contributed by atoms with Gasteiger partial charge in [0.15, 0.2) is 0 Å². The molecule has 0 radical (unpaired) electrons. The van der Waals surface area contributed by atoms with Crippen molar-refractivity contribution in [3.05, 3.63) is 139 Å². The van der Waals surface area contributed by atoms with Crippen molar-refractivity contribution in [2.75, 3.05) is 0 Å². The highest BCUT2D eigenvalue weighted by Crippen LogP contribution is 2.44. The van der Waals surface area contributed by atoms with Crippen LogP contribution in [0, 0.1) is 0 Å². The lowest BCUT2D eigenvalue weighted by Crippen LogP contribution is -2.11. The van der Waals surface area contributed by atoms with E-state index in [0.717, 1.165) is 78.6 Å². The molecule has 4 aromatic carbocycles. The van der Waals surface area contributed by atoms with Gasteiger partial charge in [0.2, 0.25) is 0 Å². The second-order valence-electron chi connectivity index (χ2n) is 15.9. The highest BCUT2D eigenvalue weighted by molar-refractivity contribution is 6.16. The fourth-order valence-electron chi connectivity index (χ4n) is 7.29. The van der Waals surface area contributed by atoms with Crippen LogP contribution in [0.15, 0.2) is 127 Å².